The van der Waals surface area contributed by atoms with E-state index < -0.39 is 0 Å². The lowest BCUT2D eigenvalue weighted by atomic mass is 9.87. The molecule has 2 N–H and O–H groups in total. The van der Waals surface area contributed by atoms with Gasteiger partial charge in [-0.15, -0.1) is 0 Å². The normalized spacial score (nSPS) is 11.2. The van der Waals surface area contributed by atoms with Crippen molar-refractivity contribution in [3.8, 4) is 0 Å². The van der Waals surface area contributed by atoms with Gasteiger partial charge in [0.25, 0.3) is 0 Å². The first-order valence-corrected chi connectivity index (χ1v) is 7.06. The smallest absolute Gasteiger partial charge is 0.127 e. The Labute approximate surface area is 121 Å². The van der Waals surface area contributed by atoms with E-state index >= 15 is 0 Å². The zero-order chi connectivity index (χ0) is 14.6. The van der Waals surface area contributed by atoms with Crippen LogP contribution in [0.3, 0.4) is 0 Å². The average molecular weight is 269 g/mol. The Morgan fingerprint density at radius 2 is 1.70 bits per heavy atom. The summed E-state index contributed by atoms with van der Waals surface area (Å²) in [6.45, 7) is 9.60. The molecule has 0 saturated heterocycles. The van der Waals surface area contributed by atoms with E-state index in [4.69, 9.17) is 0 Å². The maximum atomic E-state index is 4.27. The molecule has 2 rings (SSSR count). The molecule has 0 amide bonds. The Bertz CT molecular complexity index is 553. The summed E-state index contributed by atoms with van der Waals surface area (Å²) >= 11 is 0. The molecule has 0 spiro atoms. The Morgan fingerprint density at radius 1 is 1.00 bits per heavy atom. The summed E-state index contributed by atoms with van der Waals surface area (Å²) in [7, 11) is 0. The van der Waals surface area contributed by atoms with E-state index in [-0.39, 0.29) is 5.41 Å². The highest BCUT2D eigenvalue weighted by molar-refractivity contribution is 5.62. The van der Waals surface area contributed by atoms with Gasteiger partial charge in [0, 0.05) is 30.2 Å². The first-order chi connectivity index (χ1) is 9.49. The molecule has 3 nitrogen and oxygen atoms in total. The molecular formula is C17H23N3. The van der Waals surface area contributed by atoms with Crippen LogP contribution >= 0.6 is 0 Å². The fraction of sp³-hybridized carbons (Fsp3) is 0.353. The van der Waals surface area contributed by atoms with Crippen LogP contribution in [0.15, 0.2) is 42.6 Å². The Kier molecular flexibility index (Phi) is 4.28. The number of nitrogens with zero attached hydrogens (tertiary/aromatic N) is 1. The van der Waals surface area contributed by atoms with Crippen LogP contribution in [0.4, 0.5) is 17.2 Å². The molecule has 3 heteroatoms. The molecule has 0 aliphatic rings. The van der Waals surface area contributed by atoms with Gasteiger partial charge in [-0.05, 0) is 36.1 Å². The van der Waals surface area contributed by atoms with Gasteiger partial charge in [0.2, 0.25) is 0 Å². The number of hydrogen-bond acceptors (Lipinski definition) is 3. The van der Waals surface area contributed by atoms with Crippen LogP contribution in [0, 0.1) is 0 Å². The van der Waals surface area contributed by atoms with E-state index in [1.54, 1.807) is 0 Å². The van der Waals surface area contributed by atoms with Crippen molar-refractivity contribution in [3.05, 3.63) is 48.2 Å². The molecule has 1 aromatic heterocycles. The number of nitrogens with one attached hydrogen (secondary N) is 2. The highest BCUT2D eigenvalue weighted by atomic mass is 15.0. The van der Waals surface area contributed by atoms with E-state index in [1.165, 1.54) is 5.56 Å². The molecule has 0 bridgehead atoms. The third-order valence-corrected chi connectivity index (χ3v) is 3.16. The second-order valence-corrected chi connectivity index (χ2v) is 5.91. The molecule has 2 aromatic rings. The van der Waals surface area contributed by atoms with Gasteiger partial charge in [-0.1, -0.05) is 32.9 Å². The van der Waals surface area contributed by atoms with Gasteiger partial charge in [0.05, 0.1) is 0 Å². The summed E-state index contributed by atoms with van der Waals surface area (Å²) in [5.41, 5.74) is 3.66. The SMILES string of the molecule is CCNc1cc(Nc2ccc(C(C)(C)C)cc2)ccn1. The van der Waals surface area contributed by atoms with Gasteiger partial charge >= 0.3 is 0 Å². The van der Waals surface area contributed by atoms with Crippen LogP contribution in [-0.4, -0.2) is 11.5 Å². The minimum absolute atomic E-state index is 0.188. The van der Waals surface area contributed by atoms with E-state index in [9.17, 15) is 0 Å². The number of benzene rings is 1. The Morgan fingerprint density at radius 3 is 2.30 bits per heavy atom. The predicted molar refractivity (Wildman–Crippen MR) is 86.8 cm³/mol. The first kappa shape index (κ1) is 14.4. The molecule has 106 valence electrons. The number of anilines is 3. The van der Waals surface area contributed by atoms with Gasteiger partial charge in [-0.25, -0.2) is 4.98 Å². The lowest BCUT2D eigenvalue weighted by molar-refractivity contribution is 0.590. The molecule has 1 aromatic carbocycles. The topological polar surface area (TPSA) is 37.0 Å². The van der Waals surface area contributed by atoms with Crippen molar-refractivity contribution in [2.24, 2.45) is 0 Å². The number of pyridine rings is 1. The van der Waals surface area contributed by atoms with Gasteiger partial charge in [0.1, 0.15) is 5.82 Å². The van der Waals surface area contributed by atoms with Crippen LogP contribution in [0.25, 0.3) is 0 Å². The Balaban J connectivity index is 2.12. The summed E-state index contributed by atoms with van der Waals surface area (Å²) in [5, 5.41) is 6.61. The van der Waals surface area contributed by atoms with Crippen molar-refractivity contribution in [2.75, 3.05) is 17.2 Å². The molecule has 0 aliphatic carbocycles. The third kappa shape index (κ3) is 3.73. The number of rotatable bonds is 4. The van der Waals surface area contributed by atoms with E-state index in [1.807, 2.05) is 18.3 Å². The lowest BCUT2D eigenvalue weighted by Gasteiger charge is -2.19. The fourth-order valence-electron chi connectivity index (χ4n) is 2.01. The van der Waals surface area contributed by atoms with Crippen molar-refractivity contribution >= 4 is 17.2 Å². The monoisotopic (exact) mass is 269 g/mol. The van der Waals surface area contributed by atoms with Gasteiger partial charge in [0.15, 0.2) is 0 Å². The largest absolute Gasteiger partial charge is 0.370 e. The lowest BCUT2D eigenvalue weighted by Crippen LogP contribution is -2.10. The Hall–Kier alpha value is -2.03. The summed E-state index contributed by atoms with van der Waals surface area (Å²) in [5.74, 6) is 0.892. The van der Waals surface area contributed by atoms with E-state index in [0.717, 1.165) is 23.7 Å². The van der Waals surface area contributed by atoms with Crippen LogP contribution < -0.4 is 10.6 Å². The van der Waals surface area contributed by atoms with E-state index in [2.05, 4.69) is 67.6 Å². The minimum atomic E-state index is 0.188. The average Bonchev–Trinajstić information content (AvgIpc) is 2.39. The highest BCUT2D eigenvalue weighted by Gasteiger charge is 2.12. The molecule has 0 aliphatic heterocycles. The van der Waals surface area contributed by atoms with Crippen molar-refractivity contribution in [1.29, 1.82) is 0 Å². The van der Waals surface area contributed by atoms with Gasteiger partial charge < -0.3 is 10.6 Å². The van der Waals surface area contributed by atoms with Crippen molar-refractivity contribution in [2.45, 2.75) is 33.1 Å². The number of hydrogen-bond donors (Lipinski definition) is 2. The second-order valence-electron chi connectivity index (χ2n) is 5.91. The maximum absolute atomic E-state index is 4.27. The molecular weight excluding hydrogens is 246 g/mol. The minimum Gasteiger partial charge on any atom is -0.370 e. The quantitative estimate of drug-likeness (QED) is 0.854. The summed E-state index contributed by atoms with van der Waals surface area (Å²) in [6, 6.07) is 12.6. The fourth-order valence-corrected chi connectivity index (χ4v) is 2.01. The third-order valence-electron chi connectivity index (χ3n) is 3.16. The van der Waals surface area contributed by atoms with Crippen LogP contribution in [0.2, 0.25) is 0 Å². The van der Waals surface area contributed by atoms with E-state index in [0.29, 0.717) is 0 Å². The van der Waals surface area contributed by atoms with Crippen molar-refractivity contribution < 1.29 is 0 Å². The predicted octanol–water partition coefficient (Wildman–Crippen LogP) is 4.55. The maximum Gasteiger partial charge on any atom is 0.127 e. The molecule has 1 heterocycles. The van der Waals surface area contributed by atoms with Crippen LogP contribution in [-0.2, 0) is 5.41 Å². The van der Waals surface area contributed by atoms with Crippen LogP contribution in [0.1, 0.15) is 33.3 Å². The van der Waals surface area contributed by atoms with Crippen molar-refractivity contribution in [1.82, 2.24) is 4.98 Å². The molecule has 20 heavy (non-hydrogen) atoms. The molecule has 0 fully saturated rings. The highest BCUT2D eigenvalue weighted by Crippen LogP contribution is 2.25. The molecule has 0 unspecified atom stereocenters. The van der Waals surface area contributed by atoms with Crippen LogP contribution in [0.5, 0.6) is 0 Å². The summed E-state index contributed by atoms with van der Waals surface area (Å²) in [6.07, 6.45) is 1.81. The zero-order valence-corrected chi connectivity index (χ0v) is 12.7. The molecule has 0 radical (unpaired) electrons. The standard InChI is InChI=1S/C17H23N3/c1-5-18-16-12-15(10-11-19-16)20-14-8-6-13(7-9-14)17(2,3)4/h6-12H,5H2,1-4H3,(H2,18,19,20). The number of aromatic nitrogens is 1. The molecule has 0 atom stereocenters. The second kappa shape index (κ2) is 5.95. The van der Waals surface area contributed by atoms with Gasteiger partial charge in [-0.3, -0.25) is 0 Å². The summed E-state index contributed by atoms with van der Waals surface area (Å²) in [4.78, 5) is 4.27. The zero-order valence-electron chi connectivity index (χ0n) is 12.7. The first-order valence-electron chi connectivity index (χ1n) is 7.06. The summed E-state index contributed by atoms with van der Waals surface area (Å²) < 4.78 is 0. The van der Waals surface area contributed by atoms with Crippen molar-refractivity contribution in [3.63, 3.8) is 0 Å². The molecule has 0 saturated carbocycles. The van der Waals surface area contributed by atoms with Gasteiger partial charge in [-0.2, -0.15) is 0 Å².